The van der Waals surface area contributed by atoms with Crippen LogP contribution in [0, 0.1) is 0 Å². The van der Waals surface area contributed by atoms with E-state index in [4.69, 9.17) is 14.2 Å². The van der Waals surface area contributed by atoms with Gasteiger partial charge in [0.25, 0.3) is 11.8 Å². The summed E-state index contributed by atoms with van der Waals surface area (Å²) in [5.74, 6) is 1.17. The first kappa shape index (κ1) is 16.6. The molecule has 0 bridgehead atoms. The molecular formula is C18H18N2O5. The molecule has 1 N–H and O–H groups in total. The third kappa shape index (κ3) is 3.35. The smallest absolute Gasteiger partial charge is 0.264 e. The third-order valence-electron chi connectivity index (χ3n) is 3.92. The number of hydrogen-bond donors (Lipinski definition) is 1. The lowest BCUT2D eigenvalue weighted by Gasteiger charge is -2.26. The first-order valence-corrected chi connectivity index (χ1v) is 7.59. The number of fused-ring (bicyclic) bond motifs is 1. The maximum absolute atomic E-state index is 12.5. The third-order valence-corrected chi connectivity index (χ3v) is 3.92. The highest BCUT2D eigenvalue weighted by Gasteiger charge is 2.22. The molecule has 0 aromatic heterocycles. The van der Waals surface area contributed by atoms with Gasteiger partial charge in [0.2, 0.25) is 0 Å². The molecular weight excluding hydrogens is 324 g/mol. The summed E-state index contributed by atoms with van der Waals surface area (Å²) in [7, 11) is 4.73. The fraction of sp³-hybridized carbons (Fsp3) is 0.222. The molecule has 1 aliphatic rings. The Labute approximate surface area is 145 Å². The number of rotatable bonds is 4. The van der Waals surface area contributed by atoms with E-state index in [9.17, 15) is 9.59 Å². The van der Waals surface area contributed by atoms with E-state index >= 15 is 0 Å². The lowest BCUT2D eigenvalue weighted by molar-refractivity contribution is -0.120. The zero-order valence-electron chi connectivity index (χ0n) is 14.2. The number of methoxy groups -OCH3 is 2. The Balaban J connectivity index is 1.83. The molecule has 25 heavy (non-hydrogen) atoms. The second kappa shape index (κ2) is 6.72. The van der Waals surface area contributed by atoms with Gasteiger partial charge in [0.05, 0.1) is 19.9 Å². The van der Waals surface area contributed by atoms with Gasteiger partial charge in [0.15, 0.2) is 6.61 Å². The van der Waals surface area contributed by atoms with Crippen molar-refractivity contribution in [3.05, 3.63) is 42.0 Å². The van der Waals surface area contributed by atoms with E-state index < -0.39 is 0 Å². The number of carbonyl (C=O) groups excluding carboxylic acids is 2. The summed E-state index contributed by atoms with van der Waals surface area (Å²) in [6, 6.07) is 10.1. The largest absolute Gasteiger partial charge is 0.497 e. The second-order valence-electron chi connectivity index (χ2n) is 5.48. The van der Waals surface area contributed by atoms with Crippen LogP contribution in [-0.4, -0.2) is 39.7 Å². The Morgan fingerprint density at radius 1 is 1.12 bits per heavy atom. The van der Waals surface area contributed by atoms with E-state index in [2.05, 4.69) is 5.32 Å². The van der Waals surface area contributed by atoms with Crippen molar-refractivity contribution in [2.45, 2.75) is 0 Å². The van der Waals surface area contributed by atoms with Crippen LogP contribution in [0.25, 0.3) is 0 Å². The van der Waals surface area contributed by atoms with Gasteiger partial charge in [0, 0.05) is 30.4 Å². The molecule has 0 fully saturated rings. The maximum atomic E-state index is 12.5. The van der Waals surface area contributed by atoms with E-state index in [1.807, 2.05) is 0 Å². The number of benzene rings is 2. The van der Waals surface area contributed by atoms with Crippen molar-refractivity contribution in [2.24, 2.45) is 0 Å². The van der Waals surface area contributed by atoms with Gasteiger partial charge in [-0.3, -0.25) is 9.59 Å². The molecule has 0 saturated heterocycles. The second-order valence-corrected chi connectivity index (χ2v) is 5.48. The van der Waals surface area contributed by atoms with Crippen molar-refractivity contribution in [3.8, 4) is 17.2 Å². The molecule has 1 aliphatic heterocycles. The van der Waals surface area contributed by atoms with Gasteiger partial charge in [-0.1, -0.05) is 0 Å². The van der Waals surface area contributed by atoms with Crippen molar-refractivity contribution >= 4 is 23.2 Å². The van der Waals surface area contributed by atoms with Gasteiger partial charge in [-0.05, 0) is 24.3 Å². The quantitative estimate of drug-likeness (QED) is 0.923. The molecule has 7 nitrogen and oxygen atoms in total. The van der Waals surface area contributed by atoms with Gasteiger partial charge < -0.3 is 24.4 Å². The fourth-order valence-corrected chi connectivity index (χ4v) is 2.50. The Morgan fingerprint density at radius 3 is 2.44 bits per heavy atom. The van der Waals surface area contributed by atoms with Crippen molar-refractivity contribution in [1.82, 2.24) is 0 Å². The van der Waals surface area contributed by atoms with E-state index in [0.29, 0.717) is 34.2 Å². The van der Waals surface area contributed by atoms with Gasteiger partial charge in [-0.15, -0.1) is 0 Å². The predicted octanol–water partition coefficient (Wildman–Crippen LogP) is 2.31. The molecule has 0 saturated carbocycles. The minimum absolute atomic E-state index is 0.0199. The monoisotopic (exact) mass is 342 g/mol. The number of amides is 2. The van der Waals surface area contributed by atoms with Crippen LogP contribution in [0.3, 0.4) is 0 Å². The highest BCUT2D eigenvalue weighted by Crippen LogP contribution is 2.34. The number of ether oxygens (including phenoxy) is 3. The Kier molecular flexibility index (Phi) is 4.47. The first-order valence-electron chi connectivity index (χ1n) is 7.59. The fourth-order valence-electron chi connectivity index (χ4n) is 2.50. The van der Waals surface area contributed by atoms with Crippen LogP contribution in [0.15, 0.2) is 36.4 Å². The summed E-state index contributed by atoms with van der Waals surface area (Å²) in [5, 5.41) is 2.80. The topological polar surface area (TPSA) is 77.1 Å². The lowest BCUT2D eigenvalue weighted by Crippen LogP contribution is -2.35. The predicted molar refractivity (Wildman–Crippen MR) is 92.8 cm³/mol. The van der Waals surface area contributed by atoms with Crippen molar-refractivity contribution in [2.75, 3.05) is 38.1 Å². The van der Waals surface area contributed by atoms with Gasteiger partial charge in [-0.2, -0.15) is 0 Å². The zero-order chi connectivity index (χ0) is 18.0. The lowest BCUT2D eigenvalue weighted by atomic mass is 10.1. The Bertz CT molecular complexity index is 812. The standard InChI is InChI=1S/C18H18N2O5/c1-20-15-5-4-12(8-16(15)25-10-17(20)21)19-18(22)11-6-13(23-2)9-14(7-11)24-3/h4-9H,10H2,1-3H3,(H,19,22). The van der Waals surface area contributed by atoms with Gasteiger partial charge in [-0.25, -0.2) is 0 Å². The summed E-state index contributed by atoms with van der Waals surface area (Å²) in [6.45, 7) is -0.0199. The van der Waals surface area contributed by atoms with Crippen LogP contribution in [0.4, 0.5) is 11.4 Å². The van der Waals surface area contributed by atoms with Crippen molar-refractivity contribution < 1.29 is 23.8 Å². The number of nitrogens with one attached hydrogen (secondary N) is 1. The molecule has 0 atom stereocenters. The molecule has 0 unspecified atom stereocenters. The number of likely N-dealkylation sites (N-methyl/N-ethyl adjacent to an activating group) is 1. The number of anilines is 2. The summed E-state index contributed by atoms with van der Waals surface area (Å²) >= 11 is 0. The van der Waals surface area contributed by atoms with Crippen LogP contribution in [0.2, 0.25) is 0 Å². The average molecular weight is 342 g/mol. The maximum Gasteiger partial charge on any atom is 0.264 e. The number of hydrogen-bond acceptors (Lipinski definition) is 5. The summed E-state index contributed by atoms with van der Waals surface area (Å²) in [5.41, 5.74) is 1.63. The molecule has 0 aliphatic carbocycles. The molecule has 130 valence electrons. The van der Waals surface area contributed by atoms with Crippen molar-refractivity contribution in [1.29, 1.82) is 0 Å². The molecule has 0 spiro atoms. The minimum atomic E-state index is -0.308. The van der Waals surface area contributed by atoms with Crippen molar-refractivity contribution in [3.63, 3.8) is 0 Å². The summed E-state index contributed by atoms with van der Waals surface area (Å²) < 4.78 is 15.8. The molecule has 7 heteroatoms. The first-order chi connectivity index (χ1) is 12.0. The van der Waals surface area contributed by atoms with Gasteiger partial charge in [0.1, 0.15) is 17.2 Å². The molecule has 1 heterocycles. The van der Waals surface area contributed by atoms with Crippen LogP contribution >= 0.6 is 0 Å². The van der Waals surface area contributed by atoms with E-state index in [1.165, 1.54) is 19.1 Å². The average Bonchev–Trinajstić information content (AvgIpc) is 2.64. The van der Waals surface area contributed by atoms with Crippen LogP contribution in [0.5, 0.6) is 17.2 Å². The minimum Gasteiger partial charge on any atom is -0.497 e. The molecule has 2 aromatic carbocycles. The highest BCUT2D eigenvalue weighted by atomic mass is 16.5. The Hall–Kier alpha value is -3.22. The number of nitrogens with zero attached hydrogens (tertiary/aromatic N) is 1. The van der Waals surface area contributed by atoms with E-state index in [-0.39, 0.29) is 18.4 Å². The summed E-state index contributed by atoms with van der Waals surface area (Å²) in [6.07, 6.45) is 0. The molecule has 2 amide bonds. The SMILES string of the molecule is COc1cc(OC)cc(C(=O)Nc2ccc3c(c2)OCC(=O)N3C)c1. The summed E-state index contributed by atoms with van der Waals surface area (Å²) in [4.78, 5) is 25.7. The molecule has 3 rings (SSSR count). The van der Waals surface area contributed by atoms with Crippen LogP contribution in [-0.2, 0) is 4.79 Å². The Morgan fingerprint density at radius 2 is 1.80 bits per heavy atom. The highest BCUT2D eigenvalue weighted by molar-refractivity contribution is 6.05. The van der Waals surface area contributed by atoms with Crippen LogP contribution < -0.4 is 24.4 Å². The number of carbonyl (C=O) groups is 2. The molecule has 0 radical (unpaired) electrons. The van der Waals surface area contributed by atoms with Gasteiger partial charge >= 0.3 is 0 Å². The van der Waals surface area contributed by atoms with E-state index in [1.54, 1.807) is 43.4 Å². The normalized spacial score (nSPS) is 12.9. The zero-order valence-corrected chi connectivity index (χ0v) is 14.2. The van der Waals surface area contributed by atoms with E-state index in [0.717, 1.165) is 0 Å². The molecule has 2 aromatic rings. The van der Waals surface area contributed by atoms with Crippen LogP contribution in [0.1, 0.15) is 10.4 Å².